The number of pyridine rings is 1. The highest BCUT2D eigenvalue weighted by atomic mass is 16.1. The largest absolute Gasteiger partial charge is 0.322 e. The summed E-state index contributed by atoms with van der Waals surface area (Å²) in [5, 5.41) is 4.08. The van der Waals surface area contributed by atoms with E-state index in [1.807, 2.05) is 60.7 Å². The van der Waals surface area contributed by atoms with Gasteiger partial charge in [0, 0.05) is 41.8 Å². The molecule has 0 radical (unpaired) electrons. The molecule has 0 saturated heterocycles. The number of benzene rings is 3. The van der Waals surface area contributed by atoms with E-state index in [1.54, 1.807) is 0 Å². The number of amides is 1. The normalized spacial score (nSPS) is 13.8. The number of nitrogens with one attached hydrogen (secondary N) is 1. The van der Waals surface area contributed by atoms with Crippen molar-refractivity contribution in [1.82, 2.24) is 9.88 Å². The van der Waals surface area contributed by atoms with Crippen LogP contribution in [-0.4, -0.2) is 29.4 Å². The van der Waals surface area contributed by atoms with Crippen molar-refractivity contribution in [2.24, 2.45) is 0 Å². The third kappa shape index (κ3) is 3.70. The smallest absolute Gasteiger partial charge is 0.255 e. The quantitative estimate of drug-likeness (QED) is 0.524. The van der Waals surface area contributed by atoms with Crippen molar-refractivity contribution in [2.45, 2.75) is 13.0 Å². The van der Waals surface area contributed by atoms with Crippen LogP contribution in [0.2, 0.25) is 0 Å². The molecule has 1 aromatic heterocycles. The van der Waals surface area contributed by atoms with Crippen LogP contribution in [-0.2, 0) is 13.0 Å². The van der Waals surface area contributed by atoms with Gasteiger partial charge in [-0.25, -0.2) is 0 Å². The summed E-state index contributed by atoms with van der Waals surface area (Å²) in [5.41, 5.74) is 7.10. The molecule has 0 atom stereocenters. The Labute approximate surface area is 176 Å². The number of likely N-dealkylation sites (N-methyl/N-ethyl adjacent to an activating group) is 1. The molecule has 4 aromatic rings. The van der Waals surface area contributed by atoms with Crippen LogP contribution in [0, 0.1) is 0 Å². The molecule has 1 N–H and O–H groups in total. The van der Waals surface area contributed by atoms with Gasteiger partial charge in [-0.1, -0.05) is 42.5 Å². The van der Waals surface area contributed by atoms with Gasteiger partial charge in [0.2, 0.25) is 0 Å². The Kier molecular flexibility index (Phi) is 4.77. The van der Waals surface area contributed by atoms with E-state index in [0.717, 1.165) is 47.2 Å². The Hall–Kier alpha value is -3.50. The standard InChI is InChI=1S/C26H23N3O/c1-29-14-13-25-22(17-29)15-21-16-23(11-12-24(21)28-25)27-26(30)20-9-7-19(8-10-20)18-5-3-2-4-6-18/h2-12,15-16H,13-14,17H2,1H3,(H,27,30). The van der Waals surface area contributed by atoms with Crippen molar-refractivity contribution in [3.63, 3.8) is 0 Å². The number of nitrogens with zero attached hydrogens (tertiary/aromatic N) is 2. The lowest BCUT2D eigenvalue weighted by Gasteiger charge is -2.24. The molecule has 5 rings (SSSR count). The Morgan fingerprint density at radius 2 is 1.70 bits per heavy atom. The predicted molar refractivity (Wildman–Crippen MR) is 122 cm³/mol. The fourth-order valence-corrected chi connectivity index (χ4v) is 4.01. The first-order chi connectivity index (χ1) is 14.7. The number of carbonyl (C=O) groups is 1. The summed E-state index contributed by atoms with van der Waals surface area (Å²) in [6.45, 7) is 1.96. The Morgan fingerprint density at radius 1 is 0.933 bits per heavy atom. The highest BCUT2D eigenvalue weighted by Crippen LogP contribution is 2.25. The zero-order valence-electron chi connectivity index (χ0n) is 16.9. The lowest BCUT2D eigenvalue weighted by molar-refractivity contribution is 0.102. The molecular weight excluding hydrogens is 370 g/mol. The number of rotatable bonds is 3. The van der Waals surface area contributed by atoms with Gasteiger partial charge in [0.05, 0.1) is 5.52 Å². The SMILES string of the molecule is CN1CCc2nc3ccc(NC(=O)c4ccc(-c5ccccc5)cc4)cc3cc2C1. The Bertz CT molecular complexity index is 1220. The van der Waals surface area contributed by atoms with Crippen molar-refractivity contribution in [2.75, 3.05) is 18.9 Å². The average molecular weight is 393 g/mol. The molecule has 1 aliphatic rings. The number of carbonyl (C=O) groups excluding carboxylic acids is 1. The van der Waals surface area contributed by atoms with Crippen molar-refractivity contribution in [1.29, 1.82) is 0 Å². The van der Waals surface area contributed by atoms with Gasteiger partial charge >= 0.3 is 0 Å². The van der Waals surface area contributed by atoms with Crippen molar-refractivity contribution in [3.05, 3.63) is 95.7 Å². The Balaban J connectivity index is 1.36. The van der Waals surface area contributed by atoms with Crippen molar-refractivity contribution < 1.29 is 4.79 Å². The van der Waals surface area contributed by atoms with Crippen LogP contribution in [0.25, 0.3) is 22.0 Å². The van der Waals surface area contributed by atoms with Gasteiger partial charge in [0.25, 0.3) is 5.91 Å². The summed E-state index contributed by atoms with van der Waals surface area (Å²) in [7, 11) is 2.13. The summed E-state index contributed by atoms with van der Waals surface area (Å²) in [5.74, 6) is -0.111. The fraction of sp³-hybridized carbons (Fsp3) is 0.154. The molecule has 148 valence electrons. The maximum absolute atomic E-state index is 12.7. The minimum Gasteiger partial charge on any atom is -0.322 e. The van der Waals surface area contributed by atoms with Gasteiger partial charge in [-0.3, -0.25) is 9.78 Å². The molecule has 0 spiro atoms. The topological polar surface area (TPSA) is 45.2 Å². The molecule has 2 heterocycles. The average Bonchev–Trinajstić information content (AvgIpc) is 2.78. The van der Waals surface area contributed by atoms with Crippen LogP contribution in [0.1, 0.15) is 21.6 Å². The second kappa shape index (κ2) is 7.73. The third-order valence-electron chi connectivity index (χ3n) is 5.67. The summed E-state index contributed by atoms with van der Waals surface area (Å²) >= 11 is 0. The van der Waals surface area contributed by atoms with Crippen LogP contribution in [0.3, 0.4) is 0 Å². The van der Waals surface area contributed by atoms with Crippen molar-refractivity contribution in [3.8, 4) is 11.1 Å². The number of fused-ring (bicyclic) bond motifs is 2. The lowest BCUT2D eigenvalue weighted by atomic mass is 10.0. The second-order valence-electron chi connectivity index (χ2n) is 7.89. The van der Waals surface area contributed by atoms with Gasteiger partial charge < -0.3 is 10.2 Å². The van der Waals surface area contributed by atoms with E-state index in [1.165, 1.54) is 11.3 Å². The molecule has 0 unspecified atom stereocenters. The summed E-state index contributed by atoms with van der Waals surface area (Å²) < 4.78 is 0. The summed E-state index contributed by atoms with van der Waals surface area (Å²) in [6.07, 6.45) is 0.985. The zero-order valence-corrected chi connectivity index (χ0v) is 16.9. The van der Waals surface area contributed by atoms with Gasteiger partial charge in [-0.15, -0.1) is 0 Å². The molecule has 4 nitrogen and oxygen atoms in total. The third-order valence-corrected chi connectivity index (χ3v) is 5.67. The molecule has 4 heteroatoms. The van der Waals surface area contributed by atoms with E-state index in [9.17, 15) is 4.79 Å². The first-order valence-electron chi connectivity index (χ1n) is 10.2. The summed E-state index contributed by atoms with van der Waals surface area (Å²) in [4.78, 5) is 19.9. The molecule has 0 fully saturated rings. The van der Waals surface area contributed by atoms with E-state index in [4.69, 9.17) is 4.98 Å². The first-order valence-corrected chi connectivity index (χ1v) is 10.2. The number of hydrogen-bond donors (Lipinski definition) is 1. The molecule has 0 aliphatic carbocycles. The van der Waals surface area contributed by atoms with Gasteiger partial charge in [0.15, 0.2) is 0 Å². The van der Waals surface area contributed by atoms with Crippen LogP contribution in [0.5, 0.6) is 0 Å². The van der Waals surface area contributed by atoms with Gasteiger partial charge in [-0.2, -0.15) is 0 Å². The predicted octanol–water partition coefficient (Wildman–Crippen LogP) is 5.14. The molecule has 1 amide bonds. The number of anilines is 1. The second-order valence-corrected chi connectivity index (χ2v) is 7.89. The van der Waals surface area contributed by atoms with Crippen LogP contribution < -0.4 is 5.32 Å². The van der Waals surface area contributed by atoms with Crippen LogP contribution >= 0.6 is 0 Å². The van der Waals surface area contributed by atoms with E-state index in [2.05, 4.69) is 35.5 Å². The maximum Gasteiger partial charge on any atom is 0.255 e. The number of aromatic nitrogens is 1. The Morgan fingerprint density at radius 3 is 2.50 bits per heavy atom. The first kappa shape index (κ1) is 18.5. The minimum absolute atomic E-state index is 0.111. The lowest BCUT2D eigenvalue weighted by Crippen LogP contribution is -2.27. The minimum atomic E-state index is -0.111. The maximum atomic E-state index is 12.7. The van der Waals surface area contributed by atoms with E-state index in [0.29, 0.717) is 5.56 Å². The van der Waals surface area contributed by atoms with Crippen LogP contribution in [0.4, 0.5) is 5.69 Å². The van der Waals surface area contributed by atoms with E-state index >= 15 is 0 Å². The zero-order chi connectivity index (χ0) is 20.5. The molecule has 30 heavy (non-hydrogen) atoms. The van der Waals surface area contributed by atoms with Crippen molar-refractivity contribution >= 4 is 22.5 Å². The molecule has 0 saturated carbocycles. The fourth-order valence-electron chi connectivity index (χ4n) is 4.01. The van der Waals surface area contributed by atoms with E-state index in [-0.39, 0.29) is 5.91 Å². The highest BCUT2D eigenvalue weighted by molar-refractivity contribution is 6.05. The highest BCUT2D eigenvalue weighted by Gasteiger charge is 2.15. The van der Waals surface area contributed by atoms with E-state index < -0.39 is 0 Å². The molecular formula is C26H23N3O. The molecule has 1 aliphatic heterocycles. The van der Waals surface area contributed by atoms with Crippen LogP contribution in [0.15, 0.2) is 78.9 Å². The monoisotopic (exact) mass is 393 g/mol. The molecule has 0 bridgehead atoms. The number of hydrogen-bond acceptors (Lipinski definition) is 3. The summed E-state index contributed by atoms with van der Waals surface area (Å²) in [6, 6.07) is 26.0. The van der Waals surface area contributed by atoms with Gasteiger partial charge in [0.1, 0.15) is 0 Å². The van der Waals surface area contributed by atoms with Gasteiger partial charge in [-0.05, 0) is 60.1 Å². The molecule has 3 aromatic carbocycles.